The average Bonchev–Trinajstić information content (AvgIpc) is 2.93. The molecule has 1 aromatic carbocycles. The van der Waals surface area contributed by atoms with Gasteiger partial charge in [-0.05, 0) is 38.1 Å². The largest absolute Gasteiger partial charge is 0.447 e. The number of benzene rings is 1. The SMILES string of the molecule is Cc1cc(C(=O)O[C@H](C)C(=O)Nc2ccc(C(F)(F)F)cc2)on1. The first-order chi connectivity index (χ1) is 11.2. The highest BCUT2D eigenvalue weighted by atomic mass is 19.4. The number of nitrogens with one attached hydrogen (secondary N) is 1. The van der Waals surface area contributed by atoms with E-state index in [1.165, 1.54) is 13.0 Å². The monoisotopic (exact) mass is 342 g/mol. The maximum absolute atomic E-state index is 12.5. The second-order valence-electron chi connectivity index (χ2n) is 4.94. The topological polar surface area (TPSA) is 81.4 Å². The quantitative estimate of drug-likeness (QED) is 0.863. The van der Waals surface area contributed by atoms with Crippen molar-refractivity contribution in [2.45, 2.75) is 26.1 Å². The van der Waals surface area contributed by atoms with Crippen molar-refractivity contribution in [2.75, 3.05) is 5.32 Å². The number of anilines is 1. The van der Waals surface area contributed by atoms with E-state index in [2.05, 4.69) is 10.5 Å². The normalized spacial score (nSPS) is 12.5. The van der Waals surface area contributed by atoms with Crippen molar-refractivity contribution < 1.29 is 32.0 Å². The van der Waals surface area contributed by atoms with Gasteiger partial charge in [0.1, 0.15) is 0 Å². The Labute approximate surface area is 134 Å². The van der Waals surface area contributed by atoms with Gasteiger partial charge < -0.3 is 14.6 Å². The van der Waals surface area contributed by atoms with Gasteiger partial charge >= 0.3 is 12.1 Å². The lowest BCUT2D eigenvalue weighted by Gasteiger charge is -2.13. The van der Waals surface area contributed by atoms with Crippen LogP contribution in [0, 0.1) is 6.92 Å². The van der Waals surface area contributed by atoms with Crippen LogP contribution in [0.15, 0.2) is 34.9 Å². The predicted molar refractivity (Wildman–Crippen MR) is 76.2 cm³/mol. The Kier molecular flexibility index (Phi) is 4.91. The molecule has 1 aromatic heterocycles. The van der Waals surface area contributed by atoms with Crippen LogP contribution in [0.1, 0.15) is 28.7 Å². The number of alkyl halides is 3. The Bertz CT molecular complexity index is 738. The first-order valence-corrected chi connectivity index (χ1v) is 6.79. The van der Waals surface area contributed by atoms with Crippen molar-refractivity contribution in [2.24, 2.45) is 0 Å². The van der Waals surface area contributed by atoms with E-state index >= 15 is 0 Å². The Morgan fingerprint density at radius 3 is 2.38 bits per heavy atom. The molecule has 1 heterocycles. The van der Waals surface area contributed by atoms with Gasteiger partial charge in [-0.1, -0.05) is 5.16 Å². The minimum Gasteiger partial charge on any atom is -0.447 e. The Hall–Kier alpha value is -2.84. The molecule has 1 N–H and O–H groups in total. The molecule has 9 heteroatoms. The summed E-state index contributed by atoms with van der Waals surface area (Å²) in [5.74, 6) is -1.72. The van der Waals surface area contributed by atoms with E-state index in [4.69, 9.17) is 9.26 Å². The number of aromatic nitrogens is 1. The van der Waals surface area contributed by atoms with Crippen molar-refractivity contribution in [1.29, 1.82) is 0 Å². The molecule has 0 unspecified atom stereocenters. The van der Waals surface area contributed by atoms with Crippen molar-refractivity contribution >= 4 is 17.6 Å². The summed E-state index contributed by atoms with van der Waals surface area (Å²) in [6, 6.07) is 5.24. The fraction of sp³-hybridized carbons (Fsp3) is 0.267. The minimum absolute atomic E-state index is 0.145. The summed E-state index contributed by atoms with van der Waals surface area (Å²) in [6.07, 6.45) is -5.63. The number of aryl methyl sites for hydroxylation is 1. The molecule has 0 aliphatic carbocycles. The number of esters is 1. The molecule has 0 radical (unpaired) electrons. The summed E-state index contributed by atoms with van der Waals surface area (Å²) in [7, 11) is 0. The molecule has 6 nitrogen and oxygen atoms in total. The third kappa shape index (κ3) is 4.34. The van der Waals surface area contributed by atoms with Crippen molar-refractivity contribution in [3.05, 3.63) is 47.3 Å². The van der Waals surface area contributed by atoms with Crippen molar-refractivity contribution in [3.63, 3.8) is 0 Å². The molecule has 0 bridgehead atoms. The Balaban J connectivity index is 1.95. The molecule has 2 rings (SSSR count). The number of amides is 1. The van der Waals surface area contributed by atoms with Crippen LogP contribution < -0.4 is 5.32 Å². The van der Waals surface area contributed by atoms with Gasteiger partial charge in [-0.3, -0.25) is 4.79 Å². The van der Waals surface area contributed by atoms with E-state index in [-0.39, 0.29) is 11.4 Å². The number of ether oxygens (including phenoxy) is 1. The van der Waals surface area contributed by atoms with Crippen LogP contribution in [0.5, 0.6) is 0 Å². The molecule has 24 heavy (non-hydrogen) atoms. The molecule has 0 fully saturated rings. The van der Waals surface area contributed by atoms with Crippen molar-refractivity contribution in [3.8, 4) is 0 Å². The summed E-state index contributed by atoms with van der Waals surface area (Å²) in [6.45, 7) is 2.93. The lowest BCUT2D eigenvalue weighted by molar-refractivity contribution is -0.137. The maximum Gasteiger partial charge on any atom is 0.416 e. The Morgan fingerprint density at radius 1 is 1.25 bits per heavy atom. The van der Waals surface area contributed by atoms with Crippen LogP contribution in [0.25, 0.3) is 0 Å². The second kappa shape index (κ2) is 6.73. The number of halogens is 3. The molecule has 2 aromatic rings. The zero-order chi connectivity index (χ0) is 17.9. The van der Waals surface area contributed by atoms with Gasteiger partial charge in [-0.2, -0.15) is 13.2 Å². The standard InChI is InChI=1S/C15H13F3N2O4/c1-8-7-12(24-20-8)14(22)23-9(2)13(21)19-11-5-3-10(4-6-11)15(16,17)18/h3-7,9H,1-2H3,(H,19,21)/t9-/m1/s1. The summed E-state index contributed by atoms with van der Waals surface area (Å²) in [5.41, 5.74) is -0.212. The van der Waals surface area contributed by atoms with E-state index < -0.39 is 29.7 Å². The van der Waals surface area contributed by atoms with Crippen LogP contribution in [0.4, 0.5) is 18.9 Å². The van der Waals surface area contributed by atoms with Crippen molar-refractivity contribution in [1.82, 2.24) is 5.16 Å². The molecular weight excluding hydrogens is 329 g/mol. The Morgan fingerprint density at radius 2 is 1.88 bits per heavy atom. The van der Waals surface area contributed by atoms with Crippen LogP contribution >= 0.6 is 0 Å². The van der Waals surface area contributed by atoms with Gasteiger partial charge in [0.05, 0.1) is 11.3 Å². The van der Waals surface area contributed by atoms with Gasteiger partial charge in [-0.15, -0.1) is 0 Å². The number of rotatable bonds is 4. The number of carbonyl (C=O) groups excluding carboxylic acids is 2. The first kappa shape index (κ1) is 17.5. The fourth-order valence-electron chi connectivity index (χ4n) is 1.72. The summed E-state index contributed by atoms with van der Waals surface area (Å²) in [5, 5.41) is 5.87. The lowest BCUT2D eigenvalue weighted by atomic mass is 10.2. The third-order valence-corrected chi connectivity index (χ3v) is 2.96. The number of carbonyl (C=O) groups is 2. The molecule has 1 atom stereocenters. The van der Waals surface area contributed by atoms with Crippen LogP contribution in [-0.4, -0.2) is 23.1 Å². The van der Waals surface area contributed by atoms with Crippen LogP contribution in [-0.2, 0) is 15.7 Å². The predicted octanol–water partition coefficient (Wildman–Crippen LogP) is 3.19. The zero-order valence-electron chi connectivity index (χ0n) is 12.7. The molecule has 0 aliphatic heterocycles. The van der Waals surface area contributed by atoms with Gasteiger partial charge in [-0.25, -0.2) is 4.79 Å². The minimum atomic E-state index is -4.46. The number of nitrogens with zero attached hydrogens (tertiary/aromatic N) is 1. The third-order valence-electron chi connectivity index (χ3n) is 2.96. The van der Waals surface area contributed by atoms with E-state index in [0.29, 0.717) is 5.69 Å². The van der Waals surface area contributed by atoms with E-state index in [0.717, 1.165) is 24.3 Å². The highest BCUT2D eigenvalue weighted by Gasteiger charge is 2.30. The second-order valence-corrected chi connectivity index (χ2v) is 4.94. The van der Waals surface area contributed by atoms with E-state index in [9.17, 15) is 22.8 Å². The smallest absolute Gasteiger partial charge is 0.416 e. The van der Waals surface area contributed by atoms with E-state index in [1.54, 1.807) is 6.92 Å². The van der Waals surface area contributed by atoms with Gasteiger partial charge in [0, 0.05) is 11.8 Å². The molecule has 1 amide bonds. The summed E-state index contributed by atoms with van der Waals surface area (Å²) >= 11 is 0. The molecule has 128 valence electrons. The molecule has 0 saturated carbocycles. The highest BCUT2D eigenvalue weighted by Crippen LogP contribution is 2.29. The molecule has 0 aliphatic rings. The number of hydrogen-bond acceptors (Lipinski definition) is 5. The first-order valence-electron chi connectivity index (χ1n) is 6.79. The molecular formula is C15H13F3N2O4. The summed E-state index contributed by atoms with van der Waals surface area (Å²) in [4.78, 5) is 23.6. The van der Waals surface area contributed by atoms with Crippen LogP contribution in [0.2, 0.25) is 0 Å². The highest BCUT2D eigenvalue weighted by molar-refractivity contribution is 5.96. The van der Waals surface area contributed by atoms with Gasteiger partial charge in [0.2, 0.25) is 5.76 Å². The molecule has 0 saturated heterocycles. The number of hydrogen-bond donors (Lipinski definition) is 1. The van der Waals surface area contributed by atoms with Crippen LogP contribution in [0.3, 0.4) is 0 Å². The zero-order valence-corrected chi connectivity index (χ0v) is 12.7. The summed E-state index contributed by atoms with van der Waals surface area (Å²) < 4.78 is 47.0. The fourth-order valence-corrected chi connectivity index (χ4v) is 1.72. The van der Waals surface area contributed by atoms with Gasteiger partial charge in [0.15, 0.2) is 6.10 Å². The average molecular weight is 342 g/mol. The maximum atomic E-state index is 12.5. The lowest BCUT2D eigenvalue weighted by Crippen LogP contribution is -2.29. The van der Waals surface area contributed by atoms with E-state index in [1.807, 2.05) is 0 Å². The van der Waals surface area contributed by atoms with Gasteiger partial charge in [0.25, 0.3) is 5.91 Å². The molecule has 0 spiro atoms.